The van der Waals surface area contributed by atoms with Crippen LogP contribution < -0.4 is 10.6 Å². The molecule has 1 aromatic carbocycles. The van der Waals surface area contributed by atoms with Gasteiger partial charge in [0.05, 0.1) is 19.8 Å². The molecule has 2 aromatic rings. The van der Waals surface area contributed by atoms with Crippen LogP contribution in [0.25, 0.3) is 0 Å². The Labute approximate surface area is 159 Å². The smallest absolute Gasteiger partial charge is 0.191 e. The lowest BCUT2D eigenvalue weighted by atomic mass is 10.2. The Morgan fingerprint density at radius 2 is 1.96 bits per heavy atom. The highest BCUT2D eigenvalue weighted by Gasteiger charge is 2.06. The van der Waals surface area contributed by atoms with Crippen molar-refractivity contribution in [3.63, 3.8) is 0 Å². The van der Waals surface area contributed by atoms with Gasteiger partial charge >= 0.3 is 0 Å². The minimum atomic E-state index is -0.346. The van der Waals surface area contributed by atoms with Crippen LogP contribution in [0.5, 0.6) is 0 Å². The van der Waals surface area contributed by atoms with E-state index >= 15 is 0 Å². The zero-order valence-corrected chi connectivity index (χ0v) is 16.3. The van der Waals surface area contributed by atoms with Gasteiger partial charge in [0, 0.05) is 13.6 Å². The van der Waals surface area contributed by atoms with E-state index in [4.69, 9.17) is 0 Å². The molecular weight excluding hydrogens is 422 g/mol. The van der Waals surface area contributed by atoms with E-state index < -0.39 is 0 Å². The number of halogens is 2. The Balaban J connectivity index is 0.00000288. The molecule has 0 aliphatic carbocycles. The van der Waals surface area contributed by atoms with Gasteiger partial charge in [0.25, 0.3) is 0 Å². The van der Waals surface area contributed by atoms with Crippen LogP contribution in [0.2, 0.25) is 0 Å². The van der Waals surface area contributed by atoms with Crippen LogP contribution in [-0.2, 0) is 20.1 Å². The number of benzene rings is 1. The molecule has 8 heteroatoms. The minimum absolute atomic E-state index is 0. The van der Waals surface area contributed by atoms with E-state index in [1.54, 1.807) is 0 Å². The third-order valence-corrected chi connectivity index (χ3v) is 3.46. The van der Waals surface area contributed by atoms with E-state index in [-0.39, 0.29) is 30.7 Å². The average molecular weight is 446 g/mol. The maximum absolute atomic E-state index is 12.3. The molecule has 0 bridgehead atoms. The van der Waals surface area contributed by atoms with E-state index in [1.165, 1.54) is 0 Å². The predicted octanol–water partition coefficient (Wildman–Crippen LogP) is 2.34. The molecule has 0 aliphatic rings. The zero-order valence-electron chi connectivity index (χ0n) is 14.0. The standard InChI is InChI=1S/C16H23FN6.HI/c1-13-21-22-15(23(13)2)12-20-16(18-10-6-9-17)19-11-14-7-4-3-5-8-14;/h3-5,7-8H,6,9-12H2,1-2H3,(H2,18,19,20);1H. The molecule has 6 nitrogen and oxygen atoms in total. The fraction of sp³-hybridized carbons (Fsp3) is 0.438. The van der Waals surface area contributed by atoms with Gasteiger partial charge in [0.1, 0.15) is 5.82 Å². The Bertz CT molecular complexity index is 629. The third-order valence-electron chi connectivity index (χ3n) is 3.46. The molecular formula is C16H24FIN6. The van der Waals surface area contributed by atoms with Gasteiger partial charge < -0.3 is 15.2 Å². The summed E-state index contributed by atoms with van der Waals surface area (Å²) in [5.74, 6) is 2.32. The van der Waals surface area contributed by atoms with Crippen molar-refractivity contribution in [1.82, 2.24) is 25.4 Å². The zero-order chi connectivity index (χ0) is 16.5. The summed E-state index contributed by atoms with van der Waals surface area (Å²) in [5.41, 5.74) is 1.12. The molecule has 0 aliphatic heterocycles. The van der Waals surface area contributed by atoms with Crippen molar-refractivity contribution in [2.45, 2.75) is 26.4 Å². The third kappa shape index (κ3) is 6.42. The Kier molecular flexibility index (Phi) is 9.28. The van der Waals surface area contributed by atoms with Crippen molar-refractivity contribution in [2.75, 3.05) is 13.2 Å². The minimum Gasteiger partial charge on any atom is -0.356 e. The first-order valence-electron chi connectivity index (χ1n) is 7.67. The molecule has 2 rings (SSSR count). The predicted molar refractivity (Wildman–Crippen MR) is 104 cm³/mol. The summed E-state index contributed by atoms with van der Waals surface area (Å²) < 4.78 is 14.2. The quantitative estimate of drug-likeness (QED) is 0.297. The van der Waals surface area contributed by atoms with Crippen molar-refractivity contribution >= 4 is 29.9 Å². The number of aryl methyl sites for hydroxylation is 1. The Hall–Kier alpha value is -1.71. The molecule has 0 atom stereocenters. The van der Waals surface area contributed by atoms with Crippen molar-refractivity contribution in [2.24, 2.45) is 12.0 Å². The molecule has 0 spiro atoms. The number of aliphatic imine (C=N–C) groups is 1. The number of guanidine groups is 1. The van der Waals surface area contributed by atoms with Gasteiger partial charge in [-0.25, -0.2) is 4.99 Å². The first-order chi connectivity index (χ1) is 11.2. The summed E-state index contributed by atoms with van der Waals surface area (Å²) in [6.07, 6.45) is 0.453. The number of hydrogen-bond donors (Lipinski definition) is 2. The van der Waals surface area contributed by atoms with Crippen LogP contribution in [-0.4, -0.2) is 33.9 Å². The summed E-state index contributed by atoms with van der Waals surface area (Å²) in [7, 11) is 1.92. The van der Waals surface area contributed by atoms with Gasteiger partial charge in [0.2, 0.25) is 0 Å². The number of nitrogens with one attached hydrogen (secondary N) is 2. The van der Waals surface area contributed by atoms with Crippen molar-refractivity contribution in [3.05, 3.63) is 47.5 Å². The van der Waals surface area contributed by atoms with Gasteiger partial charge in [-0.2, -0.15) is 0 Å². The highest BCUT2D eigenvalue weighted by atomic mass is 127. The molecule has 0 unspecified atom stereocenters. The maximum Gasteiger partial charge on any atom is 0.191 e. The summed E-state index contributed by atoms with van der Waals surface area (Å²) in [6, 6.07) is 9.99. The Morgan fingerprint density at radius 1 is 1.21 bits per heavy atom. The Morgan fingerprint density at radius 3 is 2.58 bits per heavy atom. The summed E-state index contributed by atoms with van der Waals surface area (Å²) >= 11 is 0. The molecule has 0 fully saturated rings. The molecule has 2 N–H and O–H groups in total. The fourth-order valence-corrected chi connectivity index (χ4v) is 1.97. The van der Waals surface area contributed by atoms with Gasteiger partial charge in [-0.05, 0) is 18.9 Å². The van der Waals surface area contributed by atoms with Gasteiger partial charge in [-0.1, -0.05) is 30.3 Å². The van der Waals surface area contributed by atoms with E-state index in [9.17, 15) is 4.39 Å². The average Bonchev–Trinajstić information content (AvgIpc) is 2.90. The van der Waals surface area contributed by atoms with Crippen LogP contribution in [0.1, 0.15) is 23.6 Å². The molecule has 0 amide bonds. The van der Waals surface area contributed by atoms with Crippen LogP contribution >= 0.6 is 24.0 Å². The SMILES string of the molecule is Cc1nnc(CNC(=NCc2ccccc2)NCCCF)n1C.I. The second-order valence-corrected chi connectivity index (χ2v) is 5.20. The van der Waals surface area contributed by atoms with E-state index in [2.05, 4.69) is 25.8 Å². The molecule has 132 valence electrons. The van der Waals surface area contributed by atoms with Crippen molar-refractivity contribution in [3.8, 4) is 0 Å². The number of rotatable bonds is 7. The monoisotopic (exact) mass is 446 g/mol. The van der Waals surface area contributed by atoms with E-state index in [1.807, 2.05) is 48.9 Å². The normalized spacial score (nSPS) is 11.0. The van der Waals surface area contributed by atoms with E-state index in [0.717, 1.165) is 17.2 Å². The van der Waals surface area contributed by atoms with Crippen molar-refractivity contribution in [1.29, 1.82) is 0 Å². The summed E-state index contributed by atoms with van der Waals surface area (Å²) in [6.45, 7) is 3.16. The van der Waals surface area contributed by atoms with Crippen LogP contribution in [0.15, 0.2) is 35.3 Å². The first-order valence-corrected chi connectivity index (χ1v) is 7.67. The summed E-state index contributed by atoms with van der Waals surface area (Å²) in [4.78, 5) is 4.53. The molecule has 0 saturated carbocycles. The van der Waals surface area contributed by atoms with Crippen LogP contribution in [0.3, 0.4) is 0 Å². The van der Waals surface area contributed by atoms with Crippen LogP contribution in [0, 0.1) is 6.92 Å². The number of alkyl halides is 1. The lowest BCUT2D eigenvalue weighted by molar-refractivity contribution is 0.470. The largest absolute Gasteiger partial charge is 0.356 e. The molecule has 0 radical (unpaired) electrons. The fourth-order valence-electron chi connectivity index (χ4n) is 1.97. The highest BCUT2D eigenvalue weighted by Crippen LogP contribution is 2.00. The van der Waals surface area contributed by atoms with Gasteiger partial charge in [-0.3, -0.25) is 4.39 Å². The maximum atomic E-state index is 12.3. The number of nitrogens with zero attached hydrogens (tertiary/aromatic N) is 4. The molecule has 0 saturated heterocycles. The second-order valence-electron chi connectivity index (χ2n) is 5.20. The topological polar surface area (TPSA) is 67.1 Å². The second kappa shape index (κ2) is 11.0. The van der Waals surface area contributed by atoms with Crippen molar-refractivity contribution < 1.29 is 4.39 Å². The lowest BCUT2D eigenvalue weighted by Gasteiger charge is -2.12. The number of aromatic nitrogens is 3. The molecule has 24 heavy (non-hydrogen) atoms. The van der Waals surface area contributed by atoms with Crippen LogP contribution in [0.4, 0.5) is 4.39 Å². The van der Waals surface area contributed by atoms with Gasteiger partial charge in [-0.15, -0.1) is 34.2 Å². The molecule has 1 aromatic heterocycles. The summed E-state index contributed by atoms with van der Waals surface area (Å²) in [5, 5.41) is 14.5. The van der Waals surface area contributed by atoms with E-state index in [0.29, 0.717) is 32.0 Å². The molecule has 1 heterocycles. The van der Waals surface area contributed by atoms with Gasteiger partial charge in [0.15, 0.2) is 11.8 Å². The first kappa shape index (κ1) is 20.3. The highest BCUT2D eigenvalue weighted by molar-refractivity contribution is 14.0. The lowest BCUT2D eigenvalue weighted by Crippen LogP contribution is -2.38. The number of hydrogen-bond acceptors (Lipinski definition) is 3.